The predicted molar refractivity (Wildman–Crippen MR) is 130 cm³/mol. The first-order valence-corrected chi connectivity index (χ1v) is 13.5. The molecule has 0 aliphatic rings. The Bertz CT molecular complexity index is 766. The average Bonchev–Trinajstić information content (AvgIpc) is 2.79. The normalized spacial score (nSPS) is 15.0. The Kier molecular flexibility index (Phi) is 17.1. The lowest BCUT2D eigenvalue weighted by molar-refractivity contribution is 0.0906. The Hall–Kier alpha value is -1.50. The average molecular weight is 549 g/mol. The second-order valence-corrected chi connectivity index (χ2v) is 10.1. The van der Waals surface area contributed by atoms with E-state index in [2.05, 4.69) is 30.7 Å². The third-order valence-electron chi connectivity index (χ3n) is 3.38. The van der Waals surface area contributed by atoms with Crippen molar-refractivity contribution < 1.29 is 40.8 Å². The molecule has 0 aliphatic heterocycles. The van der Waals surface area contributed by atoms with Crippen LogP contribution < -0.4 is 0 Å². The van der Waals surface area contributed by atoms with Crippen molar-refractivity contribution >= 4 is 68.5 Å². The standard InChI is InChI=1S/C16H28N4O9S4/c1-8-9-25-11-14(20(5)33(24)29-16(22)27-18-13(3)31-7)10-19(4)32(23)28-15(21)26-17-12(2)30-6/h8,14H,1,9-11H2,2-7H3/b17-12-,18-13-. The molecule has 190 valence electrons. The Morgan fingerprint density at radius 3 is 1.94 bits per heavy atom. The van der Waals surface area contributed by atoms with Gasteiger partial charge in [0.15, 0.2) is 0 Å². The first-order valence-electron chi connectivity index (χ1n) is 8.97. The van der Waals surface area contributed by atoms with E-state index in [4.69, 9.17) is 8.92 Å². The largest absolute Gasteiger partial charge is 0.550 e. The number of likely N-dealkylation sites (N-methyl/N-ethyl adjacent to an activating group) is 2. The minimum Gasteiger partial charge on any atom is -0.376 e. The summed E-state index contributed by atoms with van der Waals surface area (Å²) in [7, 11) is 2.76. The number of ether oxygens (including phenoxy) is 1. The number of hydrogen-bond donors (Lipinski definition) is 0. The number of carbonyl (C=O) groups excluding carboxylic acids is 2. The van der Waals surface area contributed by atoms with Crippen LogP contribution in [0.2, 0.25) is 0 Å². The Labute approximate surface area is 206 Å². The number of rotatable bonds is 13. The highest BCUT2D eigenvalue weighted by Gasteiger charge is 2.28. The van der Waals surface area contributed by atoms with Gasteiger partial charge in [0, 0.05) is 20.6 Å². The van der Waals surface area contributed by atoms with Crippen LogP contribution in [0.1, 0.15) is 13.8 Å². The summed E-state index contributed by atoms with van der Waals surface area (Å²) < 4.78 is 41.7. The monoisotopic (exact) mass is 548 g/mol. The molecule has 0 aromatic heterocycles. The summed E-state index contributed by atoms with van der Waals surface area (Å²) >= 11 is -2.06. The number of oxime groups is 2. The van der Waals surface area contributed by atoms with Gasteiger partial charge in [-0.15, -0.1) is 30.1 Å². The molecule has 0 heterocycles. The highest BCUT2D eigenvalue weighted by atomic mass is 32.2. The van der Waals surface area contributed by atoms with Crippen molar-refractivity contribution in [2.24, 2.45) is 10.3 Å². The van der Waals surface area contributed by atoms with Crippen LogP contribution in [-0.4, -0.2) is 91.8 Å². The maximum Gasteiger partial charge on any atom is 0.550 e. The molecule has 0 amide bonds. The molecule has 0 aliphatic carbocycles. The first kappa shape index (κ1) is 31.5. The highest BCUT2D eigenvalue weighted by Crippen LogP contribution is 2.09. The lowest BCUT2D eigenvalue weighted by Gasteiger charge is -2.27. The van der Waals surface area contributed by atoms with Gasteiger partial charge in [-0.3, -0.25) is 9.68 Å². The van der Waals surface area contributed by atoms with E-state index < -0.39 is 40.9 Å². The zero-order valence-electron chi connectivity index (χ0n) is 19.1. The fourth-order valence-electron chi connectivity index (χ4n) is 1.59. The summed E-state index contributed by atoms with van der Waals surface area (Å²) in [6, 6.07) is -0.722. The molecule has 3 atom stereocenters. The second kappa shape index (κ2) is 17.9. The molecule has 33 heavy (non-hydrogen) atoms. The van der Waals surface area contributed by atoms with Crippen LogP contribution in [0.4, 0.5) is 9.59 Å². The van der Waals surface area contributed by atoms with E-state index >= 15 is 0 Å². The lowest BCUT2D eigenvalue weighted by atomic mass is 10.3. The maximum absolute atomic E-state index is 12.4. The zero-order chi connectivity index (χ0) is 25.4. The van der Waals surface area contributed by atoms with Gasteiger partial charge in [-0.2, -0.15) is 26.6 Å². The first-order chi connectivity index (χ1) is 15.5. The van der Waals surface area contributed by atoms with Gasteiger partial charge in [-0.05, 0) is 26.4 Å². The van der Waals surface area contributed by atoms with Gasteiger partial charge in [0.25, 0.3) is 22.5 Å². The molecule has 0 spiro atoms. The molecule has 0 aromatic rings. The van der Waals surface area contributed by atoms with Gasteiger partial charge in [-0.25, -0.2) is 0 Å². The summed E-state index contributed by atoms with van der Waals surface area (Å²) in [5, 5.41) is 7.89. The van der Waals surface area contributed by atoms with Crippen LogP contribution in [0.15, 0.2) is 23.0 Å². The van der Waals surface area contributed by atoms with Crippen LogP contribution in [0.3, 0.4) is 0 Å². The predicted octanol–water partition coefficient (Wildman–Crippen LogP) is 2.28. The topological polar surface area (TPSA) is 146 Å². The van der Waals surface area contributed by atoms with E-state index in [1.807, 2.05) is 0 Å². The van der Waals surface area contributed by atoms with Crippen LogP contribution in [0.25, 0.3) is 0 Å². The fourth-order valence-corrected chi connectivity index (χ4v) is 3.01. The van der Waals surface area contributed by atoms with E-state index in [0.717, 1.165) is 8.61 Å². The van der Waals surface area contributed by atoms with Gasteiger partial charge >= 0.3 is 12.3 Å². The van der Waals surface area contributed by atoms with E-state index in [9.17, 15) is 18.0 Å². The minimum atomic E-state index is -2.30. The van der Waals surface area contributed by atoms with Crippen molar-refractivity contribution in [3.63, 3.8) is 0 Å². The molecule has 0 fully saturated rings. The SMILES string of the molecule is C=CCOCC(CN(C)S(=O)OC(=O)O/N=C(/C)SC)N(C)S(=O)OC(=O)O/N=C(/C)SC. The Morgan fingerprint density at radius 2 is 1.48 bits per heavy atom. The second-order valence-electron chi connectivity index (χ2n) is 5.75. The Morgan fingerprint density at radius 1 is 1.00 bits per heavy atom. The van der Waals surface area contributed by atoms with Crippen molar-refractivity contribution in [3.8, 4) is 0 Å². The molecule has 13 nitrogen and oxygen atoms in total. The maximum atomic E-state index is 12.4. The molecule has 0 rings (SSSR count). The number of hydrogen-bond acceptors (Lipinski definition) is 13. The molecular formula is C16H28N4O9S4. The van der Waals surface area contributed by atoms with E-state index in [1.54, 1.807) is 26.4 Å². The minimum absolute atomic E-state index is 0.0143. The van der Waals surface area contributed by atoms with Crippen LogP contribution >= 0.6 is 23.5 Å². The smallest absolute Gasteiger partial charge is 0.376 e. The van der Waals surface area contributed by atoms with Crippen molar-refractivity contribution in [2.75, 3.05) is 46.4 Å². The zero-order valence-corrected chi connectivity index (χ0v) is 22.3. The summed E-state index contributed by atoms with van der Waals surface area (Å²) in [4.78, 5) is 32.3. The highest BCUT2D eigenvalue weighted by molar-refractivity contribution is 8.13. The van der Waals surface area contributed by atoms with Crippen LogP contribution in [0, 0.1) is 0 Å². The van der Waals surface area contributed by atoms with Crippen molar-refractivity contribution in [1.82, 2.24) is 8.61 Å². The van der Waals surface area contributed by atoms with E-state index in [0.29, 0.717) is 10.1 Å². The van der Waals surface area contributed by atoms with E-state index in [1.165, 1.54) is 43.7 Å². The van der Waals surface area contributed by atoms with Gasteiger partial charge in [0.1, 0.15) is 10.1 Å². The van der Waals surface area contributed by atoms with Crippen LogP contribution in [-0.2, 0) is 45.3 Å². The molecule has 0 bridgehead atoms. The van der Waals surface area contributed by atoms with Gasteiger partial charge < -0.3 is 13.1 Å². The van der Waals surface area contributed by atoms with Crippen molar-refractivity contribution in [2.45, 2.75) is 19.9 Å². The lowest BCUT2D eigenvalue weighted by Crippen LogP contribution is -2.46. The molecule has 0 saturated carbocycles. The van der Waals surface area contributed by atoms with Crippen LogP contribution in [0.5, 0.6) is 0 Å². The number of carbonyl (C=O) groups is 2. The van der Waals surface area contributed by atoms with Gasteiger partial charge in [-0.1, -0.05) is 16.4 Å². The molecule has 17 heteroatoms. The van der Waals surface area contributed by atoms with E-state index in [-0.39, 0.29) is 19.8 Å². The summed E-state index contributed by atoms with van der Waals surface area (Å²) in [5.41, 5.74) is 0. The molecule has 3 unspecified atom stereocenters. The fraction of sp³-hybridized carbons (Fsp3) is 0.625. The molecular weight excluding hydrogens is 520 g/mol. The summed E-state index contributed by atoms with van der Waals surface area (Å²) in [6.45, 7) is 6.85. The number of thioether (sulfide) groups is 2. The van der Waals surface area contributed by atoms with Crippen molar-refractivity contribution in [1.29, 1.82) is 0 Å². The summed E-state index contributed by atoms with van der Waals surface area (Å²) in [5.74, 6) is 0. The third-order valence-corrected chi connectivity index (χ3v) is 6.70. The number of nitrogens with zero attached hydrogens (tertiary/aromatic N) is 4. The molecule has 0 saturated heterocycles. The quantitative estimate of drug-likeness (QED) is 0.0834. The van der Waals surface area contributed by atoms with Gasteiger partial charge in [0.2, 0.25) is 0 Å². The molecule has 0 aromatic carbocycles. The molecule has 0 N–H and O–H groups in total. The van der Waals surface area contributed by atoms with Gasteiger partial charge in [0.05, 0.1) is 19.3 Å². The third kappa shape index (κ3) is 14.4. The summed E-state index contributed by atoms with van der Waals surface area (Å²) in [6.07, 6.45) is 2.43. The Balaban J connectivity index is 5.05. The van der Waals surface area contributed by atoms with Crippen molar-refractivity contribution in [3.05, 3.63) is 12.7 Å². The molecule has 0 radical (unpaired) electrons.